The topological polar surface area (TPSA) is 75.7 Å². The largest absolute Gasteiger partial charge is 0.497 e. The summed E-state index contributed by atoms with van der Waals surface area (Å²) in [6.07, 6.45) is 0.719. The lowest BCUT2D eigenvalue weighted by Crippen LogP contribution is -2.36. The second-order valence-electron chi connectivity index (χ2n) is 5.96. The summed E-state index contributed by atoms with van der Waals surface area (Å²) in [6, 6.07) is 9.94. The molecule has 1 amide bonds. The van der Waals surface area contributed by atoms with E-state index >= 15 is 0 Å². The van der Waals surface area contributed by atoms with Crippen LogP contribution in [0.25, 0.3) is 0 Å². The Morgan fingerprint density at radius 2 is 1.96 bits per heavy atom. The molecule has 8 heteroatoms. The van der Waals surface area contributed by atoms with Crippen molar-refractivity contribution in [2.45, 2.75) is 17.9 Å². The van der Waals surface area contributed by atoms with Crippen LogP contribution >= 0.6 is 11.6 Å². The first-order valence-electron chi connectivity index (χ1n) is 8.04. The molecule has 1 aliphatic heterocycles. The highest BCUT2D eigenvalue weighted by molar-refractivity contribution is 7.89. The van der Waals surface area contributed by atoms with Gasteiger partial charge in [-0.3, -0.25) is 4.79 Å². The molecule has 0 atom stereocenters. The summed E-state index contributed by atoms with van der Waals surface area (Å²) < 4.78 is 31.5. The molecule has 138 valence electrons. The number of hydrogen-bond acceptors (Lipinski definition) is 4. The van der Waals surface area contributed by atoms with Gasteiger partial charge in [0.1, 0.15) is 5.75 Å². The summed E-state index contributed by atoms with van der Waals surface area (Å²) in [5, 5.41) is 0.224. The van der Waals surface area contributed by atoms with Crippen LogP contribution in [-0.2, 0) is 23.0 Å². The SMILES string of the molecule is CNS(=O)(=O)c1ccc(Cl)c(C(=O)N2CCc3ccc(OC)cc3C2)c1. The van der Waals surface area contributed by atoms with Crippen LogP contribution in [0.2, 0.25) is 5.02 Å². The predicted molar refractivity (Wildman–Crippen MR) is 99.1 cm³/mol. The monoisotopic (exact) mass is 394 g/mol. The van der Waals surface area contributed by atoms with Gasteiger partial charge in [0.25, 0.3) is 5.91 Å². The van der Waals surface area contributed by atoms with Crippen molar-refractivity contribution in [2.24, 2.45) is 0 Å². The fourth-order valence-corrected chi connectivity index (χ4v) is 3.91. The number of fused-ring (bicyclic) bond motifs is 1. The van der Waals surface area contributed by atoms with Gasteiger partial charge in [-0.05, 0) is 54.9 Å². The Hall–Kier alpha value is -2.09. The van der Waals surface area contributed by atoms with Crippen LogP contribution in [0.4, 0.5) is 0 Å². The highest BCUT2D eigenvalue weighted by Crippen LogP contribution is 2.27. The minimum atomic E-state index is -3.66. The third kappa shape index (κ3) is 3.56. The third-order valence-corrected chi connectivity index (χ3v) is 6.20. The van der Waals surface area contributed by atoms with Gasteiger partial charge in [-0.1, -0.05) is 17.7 Å². The number of nitrogens with zero attached hydrogens (tertiary/aromatic N) is 1. The van der Waals surface area contributed by atoms with E-state index in [1.54, 1.807) is 12.0 Å². The average Bonchev–Trinajstić information content (AvgIpc) is 2.66. The molecule has 0 radical (unpaired) electrons. The van der Waals surface area contributed by atoms with Gasteiger partial charge < -0.3 is 9.64 Å². The van der Waals surface area contributed by atoms with E-state index in [1.807, 2.05) is 18.2 Å². The summed E-state index contributed by atoms with van der Waals surface area (Å²) in [6.45, 7) is 0.961. The molecule has 0 spiro atoms. The van der Waals surface area contributed by atoms with E-state index in [9.17, 15) is 13.2 Å². The number of methoxy groups -OCH3 is 1. The van der Waals surface area contributed by atoms with Crippen LogP contribution in [0, 0.1) is 0 Å². The average molecular weight is 395 g/mol. The minimum Gasteiger partial charge on any atom is -0.497 e. The molecule has 1 aliphatic rings. The van der Waals surface area contributed by atoms with Crippen molar-refractivity contribution >= 4 is 27.5 Å². The zero-order valence-corrected chi connectivity index (χ0v) is 16.0. The molecule has 0 unspecified atom stereocenters. The van der Waals surface area contributed by atoms with Crippen molar-refractivity contribution in [3.05, 3.63) is 58.1 Å². The summed E-state index contributed by atoms with van der Waals surface area (Å²) in [4.78, 5) is 14.6. The Balaban J connectivity index is 1.91. The van der Waals surface area contributed by atoms with Crippen LogP contribution in [-0.4, -0.2) is 39.9 Å². The maximum Gasteiger partial charge on any atom is 0.255 e. The second-order valence-corrected chi connectivity index (χ2v) is 8.25. The molecular weight excluding hydrogens is 376 g/mol. The molecule has 2 aromatic rings. The Kier molecular flexibility index (Phi) is 5.22. The number of amides is 1. The lowest BCUT2D eigenvalue weighted by Gasteiger charge is -2.29. The molecule has 26 heavy (non-hydrogen) atoms. The number of hydrogen-bond donors (Lipinski definition) is 1. The molecule has 2 aromatic carbocycles. The highest BCUT2D eigenvalue weighted by atomic mass is 35.5. The number of carbonyl (C=O) groups excluding carboxylic acids is 1. The van der Waals surface area contributed by atoms with Gasteiger partial charge in [0.2, 0.25) is 10.0 Å². The first kappa shape index (κ1) is 18.7. The van der Waals surface area contributed by atoms with Gasteiger partial charge in [-0.15, -0.1) is 0 Å². The van der Waals surface area contributed by atoms with Crippen molar-refractivity contribution in [3.8, 4) is 5.75 Å². The Bertz CT molecular complexity index is 960. The summed E-state index contributed by atoms with van der Waals surface area (Å²) in [5.74, 6) is 0.440. The summed E-state index contributed by atoms with van der Waals surface area (Å²) >= 11 is 6.17. The van der Waals surface area contributed by atoms with Crippen LogP contribution < -0.4 is 9.46 Å². The number of nitrogens with one attached hydrogen (secondary N) is 1. The fourth-order valence-electron chi connectivity index (χ4n) is 2.96. The molecule has 0 saturated carbocycles. The summed E-state index contributed by atoms with van der Waals surface area (Å²) in [7, 11) is -0.737. The number of halogens is 1. The third-order valence-electron chi connectivity index (χ3n) is 4.46. The van der Waals surface area contributed by atoms with Crippen molar-refractivity contribution in [1.29, 1.82) is 0 Å². The maximum absolute atomic E-state index is 12.9. The van der Waals surface area contributed by atoms with Crippen molar-refractivity contribution in [1.82, 2.24) is 9.62 Å². The van der Waals surface area contributed by atoms with Gasteiger partial charge in [0, 0.05) is 13.1 Å². The van der Waals surface area contributed by atoms with Gasteiger partial charge >= 0.3 is 0 Å². The summed E-state index contributed by atoms with van der Waals surface area (Å²) in [5.41, 5.74) is 2.36. The number of benzene rings is 2. The van der Waals surface area contributed by atoms with Crippen LogP contribution in [0.3, 0.4) is 0 Å². The Labute approximate surface area is 157 Å². The van der Waals surface area contributed by atoms with Gasteiger partial charge in [-0.25, -0.2) is 13.1 Å². The minimum absolute atomic E-state index is 0.00632. The first-order chi connectivity index (χ1) is 12.4. The molecule has 0 aliphatic carbocycles. The van der Waals surface area contributed by atoms with E-state index in [4.69, 9.17) is 16.3 Å². The van der Waals surface area contributed by atoms with E-state index in [0.717, 1.165) is 17.7 Å². The van der Waals surface area contributed by atoms with Crippen LogP contribution in [0.5, 0.6) is 5.75 Å². The highest BCUT2D eigenvalue weighted by Gasteiger charge is 2.25. The van der Waals surface area contributed by atoms with Gasteiger partial charge in [0.15, 0.2) is 0 Å². The number of carbonyl (C=O) groups is 1. The quantitative estimate of drug-likeness (QED) is 0.864. The van der Waals surface area contributed by atoms with Crippen LogP contribution in [0.1, 0.15) is 21.5 Å². The van der Waals surface area contributed by atoms with Gasteiger partial charge in [-0.2, -0.15) is 0 Å². The molecule has 0 saturated heterocycles. The lowest BCUT2D eigenvalue weighted by atomic mass is 9.99. The molecule has 6 nitrogen and oxygen atoms in total. The molecular formula is C18H19ClN2O4S. The Morgan fingerprint density at radius 3 is 2.65 bits per heavy atom. The van der Waals surface area contributed by atoms with Gasteiger partial charge in [0.05, 0.1) is 22.6 Å². The van der Waals surface area contributed by atoms with E-state index < -0.39 is 10.0 Å². The van der Waals surface area contributed by atoms with E-state index in [0.29, 0.717) is 13.1 Å². The molecule has 0 aromatic heterocycles. The maximum atomic E-state index is 12.9. The molecule has 0 bridgehead atoms. The first-order valence-corrected chi connectivity index (χ1v) is 9.90. The standard InChI is InChI=1S/C18H19ClN2O4S/c1-20-26(23,24)15-5-6-17(19)16(10-15)18(22)21-8-7-12-3-4-14(25-2)9-13(12)11-21/h3-6,9-10,20H,7-8,11H2,1-2H3. The van der Waals surface area contributed by atoms with Crippen LogP contribution in [0.15, 0.2) is 41.3 Å². The molecule has 1 heterocycles. The Morgan fingerprint density at radius 1 is 1.19 bits per heavy atom. The van der Waals surface area contributed by atoms with Crippen molar-refractivity contribution in [2.75, 3.05) is 20.7 Å². The van der Waals surface area contributed by atoms with Crippen molar-refractivity contribution in [3.63, 3.8) is 0 Å². The van der Waals surface area contributed by atoms with E-state index in [1.165, 1.54) is 30.8 Å². The molecule has 0 fully saturated rings. The number of rotatable bonds is 4. The predicted octanol–water partition coefficient (Wildman–Crippen LogP) is 2.46. The lowest BCUT2D eigenvalue weighted by molar-refractivity contribution is 0.0734. The second kappa shape index (κ2) is 7.26. The fraction of sp³-hybridized carbons (Fsp3) is 0.278. The normalized spacial score (nSPS) is 14.0. The zero-order chi connectivity index (χ0) is 18.9. The van der Waals surface area contributed by atoms with E-state index in [2.05, 4.69) is 4.72 Å². The molecule has 1 N–H and O–H groups in total. The molecule has 3 rings (SSSR count). The number of ether oxygens (including phenoxy) is 1. The van der Waals surface area contributed by atoms with Crippen molar-refractivity contribution < 1.29 is 17.9 Å². The van der Waals surface area contributed by atoms with E-state index in [-0.39, 0.29) is 21.4 Å². The number of sulfonamides is 1. The zero-order valence-electron chi connectivity index (χ0n) is 14.5. The smallest absolute Gasteiger partial charge is 0.255 e.